The molecule has 1 amide bonds. The van der Waals surface area contributed by atoms with Crippen LogP contribution >= 0.6 is 11.6 Å². The lowest BCUT2D eigenvalue weighted by Crippen LogP contribution is -2.51. The Labute approximate surface area is 105 Å². The van der Waals surface area contributed by atoms with Gasteiger partial charge < -0.3 is 10.2 Å². The highest BCUT2D eigenvalue weighted by Gasteiger charge is 2.21. The van der Waals surface area contributed by atoms with Gasteiger partial charge in [-0.05, 0) is 25.1 Å². The summed E-state index contributed by atoms with van der Waals surface area (Å²) in [6.45, 7) is 4.13. The highest BCUT2D eigenvalue weighted by molar-refractivity contribution is 6.31. The normalized spacial score (nSPS) is 20.4. The summed E-state index contributed by atoms with van der Waals surface area (Å²) in [5.74, 6) is -0.600. The van der Waals surface area contributed by atoms with Gasteiger partial charge >= 0.3 is 0 Å². The van der Waals surface area contributed by atoms with Crippen LogP contribution in [0.1, 0.15) is 17.3 Å². The minimum absolute atomic E-state index is 0.0148. The Morgan fingerprint density at radius 3 is 3.00 bits per heavy atom. The minimum atomic E-state index is -0.503. The number of hydrogen-bond acceptors (Lipinski definition) is 2. The molecule has 0 aliphatic carbocycles. The van der Waals surface area contributed by atoms with Crippen LogP contribution < -0.4 is 5.32 Å². The summed E-state index contributed by atoms with van der Waals surface area (Å²) in [7, 11) is 0. The lowest BCUT2D eigenvalue weighted by atomic mass is 10.1. The van der Waals surface area contributed by atoms with Crippen LogP contribution in [0.5, 0.6) is 0 Å². The van der Waals surface area contributed by atoms with Crippen LogP contribution in [0.25, 0.3) is 0 Å². The minimum Gasteiger partial charge on any atom is -0.336 e. The number of hydrogen-bond donors (Lipinski definition) is 1. The van der Waals surface area contributed by atoms with E-state index in [0.717, 1.165) is 6.54 Å². The van der Waals surface area contributed by atoms with Crippen molar-refractivity contribution in [3.05, 3.63) is 34.6 Å². The molecule has 0 bridgehead atoms. The Bertz CT molecular complexity index is 439. The Kier molecular flexibility index (Phi) is 3.64. The molecule has 1 aromatic carbocycles. The summed E-state index contributed by atoms with van der Waals surface area (Å²) >= 11 is 5.67. The molecular weight excluding hydrogens is 243 g/mol. The summed E-state index contributed by atoms with van der Waals surface area (Å²) in [6, 6.07) is 4.35. The van der Waals surface area contributed by atoms with Gasteiger partial charge in [0.1, 0.15) is 5.82 Å². The lowest BCUT2D eigenvalue weighted by Gasteiger charge is -2.32. The van der Waals surface area contributed by atoms with E-state index >= 15 is 0 Å². The second-order valence-electron chi connectivity index (χ2n) is 4.24. The van der Waals surface area contributed by atoms with Crippen LogP contribution in [0.2, 0.25) is 5.02 Å². The van der Waals surface area contributed by atoms with Gasteiger partial charge in [0.05, 0.1) is 5.02 Å². The molecule has 17 heavy (non-hydrogen) atoms. The molecule has 0 spiro atoms. The standard InChI is InChI=1S/C12H14ClFN2O/c1-8-7-16(5-4-15-8)12(17)9-2-3-11(14)10(13)6-9/h2-3,6,8,15H,4-5,7H2,1H3. The van der Waals surface area contributed by atoms with E-state index in [9.17, 15) is 9.18 Å². The van der Waals surface area contributed by atoms with Crippen LogP contribution in [0.15, 0.2) is 18.2 Å². The van der Waals surface area contributed by atoms with Gasteiger partial charge in [-0.3, -0.25) is 4.79 Å². The van der Waals surface area contributed by atoms with E-state index in [1.807, 2.05) is 6.92 Å². The van der Waals surface area contributed by atoms with Gasteiger partial charge in [-0.2, -0.15) is 0 Å². The predicted molar refractivity (Wildman–Crippen MR) is 64.8 cm³/mol. The Hall–Kier alpha value is -1.13. The Balaban J connectivity index is 2.15. The average Bonchev–Trinajstić information content (AvgIpc) is 2.32. The summed E-state index contributed by atoms with van der Waals surface area (Å²) in [6.07, 6.45) is 0. The number of halogens is 2. The van der Waals surface area contributed by atoms with Crippen molar-refractivity contribution in [1.29, 1.82) is 0 Å². The third-order valence-electron chi connectivity index (χ3n) is 2.82. The first-order valence-electron chi connectivity index (χ1n) is 5.55. The predicted octanol–water partition coefficient (Wildman–Crippen LogP) is 1.91. The number of amides is 1. The molecule has 1 fully saturated rings. The van der Waals surface area contributed by atoms with Crippen LogP contribution in [0.4, 0.5) is 4.39 Å². The van der Waals surface area contributed by atoms with E-state index < -0.39 is 5.82 Å². The molecule has 0 aromatic heterocycles. The van der Waals surface area contributed by atoms with Crippen molar-refractivity contribution < 1.29 is 9.18 Å². The zero-order chi connectivity index (χ0) is 12.4. The maximum absolute atomic E-state index is 13.0. The van der Waals surface area contributed by atoms with Crippen LogP contribution in [0.3, 0.4) is 0 Å². The molecule has 1 aliphatic heterocycles. The van der Waals surface area contributed by atoms with E-state index in [1.54, 1.807) is 4.90 Å². The molecule has 2 rings (SSSR count). The number of rotatable bonds is 1. The van der Waals surface area contributed by atoms with E-state index in [-0.39, 0.29) is 17.0 Å². The molecule has 1 aromatic rings. The fraction of sp³-hybridized carbons (Fsp3) is 0.417. The smallest absolute Gasteiger partial charge is 0.254 e. The van der Waals surface area contributed by atoms with Crippen molar-refractivity contribution in [3.63, 3.8) is 0 Å². The van der Waals surface area contributed by atoms with Crippen LogP contribution in [0, 0.1) is 5.82 Å². The van der Waals surface area contributed by atoms with Crippen molar-refractivity contribution in [2.45, 2.75) is 13.0 Å². The van der Waals surface area contributed by atoms with Gasteiger partial charge in [0, 0.05) is 31.2 Å². The number of carbonyl (C=O) groups excluding carboxylic acids is 1. The molecule has 1 aliphatic rings. The number of carbonyl (C=O) groups is 1. The highest BCUT2D eigenvalue weighted by atomic mass is 35.5. The van der Waals surface area contributed by atoms with E-state index in [2.05, 4.69) is 5.32 Å². The van der Waals surface area contributed by atoms with E-state index in [0.29, 0.717) is 18.7 Å². The zero-order valence-electron chi connectivity index (χ0n) is 9.54. The second kappa shape index (κ2) is 5.02. The van der Waals surface area contributed by atoms with E-state index in [4.69, 9.17) is 11.6 Å². The second-order valence-corrected chi connectivity index (χ2v) is 4.64. The zero-order valence-corrected chi connectivity index (χ0v) is 10.3. The molecule has 1 unspecified atom stereocenters. The molecule has 1 heterocycles. The largest absolute Gasteiger partial charge is 0.336 e. The van der Waals surface area contributed by atoms with E-state index in [1.165, 1.54) is 18.2 Å². The molecule has 5 heteroatoms. The molecule has 92 valence electrons. The third kappa shape index (κ3) is 2.76. The van der Waals surface area contributed by atoms with Gasteiger partial charge in [-0.15, -0.1) is 0 Å². The van der Waals surface area contributed by atoms with Crippen molar-refractivity contribution >= 4 is 17.5 Å². The summed E-state index contributed by atoms with van der Waals surface area (Å²) in [5, 5.41) is 3.24. The first-order chi connectivity index (χ1) is 8.08. The molecule has 0 saturated carbocycles. The summed E-state index contributed by atoms with van der Waals surface area (Å²) in [5.41, 5.74) is 0.436. The van der Waals surface area contributed by atoms with Crippen LogP contribution in [-0.2, 0) is 0 Å². The van der Waals surface area contributed by atoms with Crippen molar-refractivity contribution in [2.24, 2.45) is 0 Å². The van der Waals surface area contributed by atoms with Gasteiger partial charge in [0.2, 0.25) is 0 Å². The molecule has 0 radical (unpaired) electrons. The first kappa shape index (κ1) is 12.3. The fourth-order valence-electron chi connectivity index (χ4n) is 1.93. The number of benzene rings is 1. The van der Waals surface area contributed by atoms with Crippen molar-refractivity contribution in [1.82, 2.24) is 10.2 Å². The number of nitrogens with zero attached hydrogens (tertiary/aromatic N) is 1. The first-order valence-corrected chi connectivity index (χ1v) is 5.93. The fourth-order valence-corrected chi connectivity index (χ4v) is 2.11. The Morgan fingerprint density at radius 1 is 1.59 bits per heavy atom. The van der Waals surface area contributed by atoms with Gasteiger partial charge in [-0.25, -0.2) is 4.39 Å². The molecular formula is C12H14ClFN2O. The van der Waals surface area contributed by atoms with Crippen molar-refractivity contribution in [3.8, 4) is 0 Å². The van der Waals surface area contributed by atoms with Crippen molar-refractivity contribution in [2.75, 3.05) is 19.6 Å². The number of piperazine rings is 1. The number of nitrogens with one attached hydrogen (secondary N) is 1. The molecule has 1 atom stereocenters. The van der Waals surface area contributed by atoms with Crippen LogP contribution in [-0.4, -0.2) is 36.5 Å². The van der Waals surface area contributed by atoms with Gasteiger partial charge in [0.15, 0.2) is 0 Å². The maximum Gasteiger partial charge on any atom is 0.254 e. The summed E-state index contributed by atoms with van der Waals surface area (Å²) < 4.78 is 13.0. The molecule has 3 nitrogen and oxygen atoms in total. The topological polar surface area (TPSA) is 32.3 Å². The SMILES string of the molecule is CC1CN(C(=O)c2ccc(F)c(Cl)c2)CCN1. The third-order valence-corrected chi connectivity index (χ3v) is 3.11. The monoisotopic (exact) mass is 256 g/mol. The van der Waals surface area contributed by atoms with Gasteiger partial charge in [-0.1, -0.05) is 11.6 Å². The maximum atomic E-state index is 13.0. The quantitative estimate of drug-likeness (QED) is 0.833. The lowest BCUT2D eigenvalue weighted by molar-refractivity contribution is 0.0709. The van der Waals surface area contributed by atoms with Gasteiger partial charge in [0.25, 0.3) is 5.91 Å². The average molecular weight is 257 g/mol. The molecule has 1 saturated heterocycles. The highest BCUT2D eigenvalue weighted by Crippen LogP contribution is 2.17. The summed E-state index contributed by atoms with van der Waals surface area (Å²) in [4.78, 5) is 13.9. The molecule has 1 N–H and O–H groups in total. The Morgan fingerprint density at radius 2 is 2.35 bits per heavy atom.